The molecule has 2 aromatic rings. The predicted octanol–water partition coefficient (Wildman–Crippen LogP) is 2.25. The van der Waals surface area contributed by atoms with Gasteiger partial charge in [-0.05, 0) is 19.9 Å². The maximum Gasteiger partial charge on any atom is 0.261 e. The lowest BCUT2D eigenvalue weighted by Gasteiger charge is -2.08. The highest BCUT2D eigenvalue weighted by Crippen LogP contribution is 2.40. The summed E-state index contributed by atoms with van der Waals surface area (Å²) in [4.78, 5) is 16.4. The molecule has 0 radical (unpaired) electrons. The second-order valence-electron chi connectivity index (χ2n) is 5.03. The highest BCUT2D eigenvalue weighted by molar-refractivity contribution is 6.05. The number of benzene rings is 1. The fourth-order valence-electron chi connectivity index (χ4n) is 2.33. The molecule has 0 fully saturated rings. The molecule has 2 atom stereocenters. The van der Waals surface area contributed by atoms with Crippen molar-refractivity contribution in [1.82, 2.24) is 15.2 Å². The Labute approximate surface area is 116 Å². The van der Waals surface area contributed by atoms with Crippen LogP contribution in [0.15, 0.2) is 18.2 Å². The van der Waals surface area contributed by atoms with Crippen molar-refractivity contribution >= 4 is 11.9 Å². The molecule has 2 unspecified atom stereocenters. The van der Waals surface area contributed by atoms with Crippen LogP contribution in [0.25, 0.3) is 0 Å². The minimum Gasteiger partial charge on any atom is -0.489 e. The van der Waals surface area contributed by atoms with Gasteiger partial charge in [-0.1, -0.05) is 19.1 Å². The molecule has 1 aliphatic rings. The van der Waals surface area contributed by atoms with Crippen molar-refractivity contribution in [3.8, 4) is 5.75 Å². The molecule has 1 aromatic carbocycles. The Morgan fingerprint density at radius 2 is 2.20 bits per heavy atom. The number of carbonyl (C=O) groups is 1. The Morgan fingerprint density at radius 3 is 2.90 bits per heavy atom. The summed E-state index contributed by atoms with van der Waals surface area (Å²) >= 11 is 0. The summed E-state index contributed by atoms with van der Waals surface area (Å²) < 4.78 is 5.80. The zero-order valence-electron chi connectivity index (χ0n) is 11.6. The summed E-state index contributed by atoms with van der Waals surface area (Å²) in [6.07, 6.45) is 0.0738. The first-order valence-electron chi connectivity index (χ1n) is 6.56. The number of fused-ring (bicyclic) bond motifs is 1. The summed E-state index contributed by atoms with van der Waals surface area (Å²) in [6, 6.07) is 5.62. The van der Waals surface area contributed by atoms with Crippen LogP contribution in [0.4, 0.5) is 5.95 Å². The summed E-state index contributed by atoms with van der Waals surface area (Å²) in [5.41, 5.74) is 1.58. The van der Waals surface area contributed by atoms with E-state index in [9.17, 15) is 4.79 Å². The smallest absolute Gasteiger partial charge is 0.261 e. The molecule has 0 aliphatic carbocycles. The SMILES string of the molecule is Cc1nc(NC(=O)c2cccc3c2OC(C)C3C)n[nH]1. The molecule has 0 saturated heterocycles. The maximum atomic E-state index is 12.3. The Morgan fingerprint density at radius 1 is 1.40 bits per heavy atom. The van der Waals surface area contributed by atoms with Crippen LogP contribution in [-0.4, -0.2) is 27.2 Å². The number of rotatable bonds is 2. The molecule has 6 heteroatoms. The van der Waals surface area contributed by atoms with E-state index < -0.39 is 0 Å². The number of hydrogen-bond acceptors (Lipinski definition) is 4. The monoisotopic (exact) mass is 272 g/mol. The van der Waals surface area contributed by atoms with Crippen molar-refractivity contribution in [2.75, 3.05) is 5.32 Å². The van der Waals surface area contributed by atoms with Gasteiger partial charge in [-0.15, -0.1) is 5.10 Å². The third-order valence-corrected chi connectivity index (χ3v) is 3.61. The standard InChI is InChI=1S/C14H16N4O2/c1-7-8(2)20-12-10(7)5-4-6-11(12)13(19)16-14-15-9(3)17-18-14/h4-8H,1-3H3,(H2,15,16,17,18,19). The topological polar surface area (TPSA) is 79.9 Å². The number of H-pyrrole nitrogens is 1. The van der Waals surface area contributed by atoms with Crippen molar-refractivity contribution in [2.45, 2.75) is 32.8 Å². The minimum atomic E-state index is -0.262. The number of aromatic amines is 1. The number of nitrogens with one attached hydrogen (secondary N) is 2. The Hall–Kier alpha value is -2.37. The molecule has 104 valence electrons. The molecule has 3 rings (SSSR count). The molecule has 1 aliphatic heterocycles. The van der Waals surface area contributed by atoms with E-state index in [4.69, 9.17) is 4.74 Å². The summed E-state index contributed by atoms with van der Waals surface area (Å²) in [5.74, 6) is 1.60. The molecule has 1 amide bonds. The molecule has 0 saturated carbocycles. The highest BCUT2D eigenvalue weighted by atomic mass is 16.5. The molecule has 2 heterocycles. The lowest BCUT2D eigenvalue weighted by atomic mass is 9.97. The average Bonchev–Trinajstić information content (AvgIpc) is 2.94. The molecule has 0 bridgehead atoms. The van der Waals surface area contributed by atoms with Crippen molar-refractivity contribution in [2.24, 2.45) is 0 Å². The third kappa shape index (κ3) is 2.03. The van der Waals surface area contributed by atoms with Gasteiger partial charge >= 0.3 is 0 Å². The van der Waals surface area contributed by atoms with E-state index in [2.05, 4.69) is 27.4 Å². The van der Waals surface area contributed by atoms with Crippen molar-refractivity contribution < 1.29 is 9.53 Å². The van der Waals surface area contributed by atoms with Crippen molar-refractivity contribution in [1.29, 1.82) is 0 Å². The van der Waals surface area contributed by atoms with Gasteiger partial charge < -0.3 is 4.74 Å². The lowest BCUT2D eigenvalue weighted by Crippen LogP contribution is -2.15. The zero-order chi connectivity index (χ0) is 14.3. The molecule has 0 spiro atoms. The fourth-order valence-corrected chi connectivity index (χ4v) is 2.33. The molecular formula is C14H16N4O2. The number of carbonyl (C=O) groups excluding carboxylic acids is 1. The van der Waals surface area contributed by atoms with Crippen LogP contribution in [0.1, 0.15) is 41.5 Å². The number of para-hydroxylation sites is 1. The molecule has 6 nitrogen and oxygen atoms in total. The van der Waals surface area contributed by atoms with Gasteiger partial charge in [0.1, 0.15) is 17.7 Å². The predicted molar refractivity (Wildman–Crippen MR) is 74.0 cm³/mol. The number of ether oxygens (including phenoxy) is 1. The molecular weight excluding hydrogens is 256 g/mol. The van der Waals surface area contributed by atoms with Gasteiger partial charge in [0.05, 0.1) is 5.56 Å². The van der Waals surface area contributed by atoms with Crippen LogP contribution in [-0.2, 0) is 0 Å². The second kappa shape index (κ2) is 4.63. The highest BCUT2D eigenvalue weighted by Gasteiger charge is 2.31. The van der Waals surface area contributed by atoms with Gasteiger partial charge in [0, 0.05) is 11.5 Å². The van der Waals surface area contributed by atoms with Crippen LogP contribution in [0.3, 0.4) is 0 Å². The van der Waals surface area contributed by atoms with E-state index in [0.717, 1.165) is 5.56 Å². The quantitative estimate of drug-likeness (QED) is 0.878. The Balaban J connectivity index is 1.90. The number of aromatic nitrogens is 3. The molecule has 1 aromatic heterocycles. The Bertz CT molecular complexity index is 665. The maximum absolute atomic E-state index is 12.3. The van der Waals surface area contributed by atoms with E-state index in [0.29, 0.717) is 17.1 Å². The van der Waals surface area contributed by atoms with E-state index in [1.165, 1.54) is 0 Å². The summed E-state index contributed by atoms with van der Waals surface area (Å²) in [5, 5.41) is 9.25. The summed E-state index contributed by atoms with van der Waals surface area (Å²) in [6.45, 7) is 5.87. The summed E-state index contributed by atoms with van der Waals surface area (Å²) in [7, 11) is 0. The molecule has 20 heavy (non-hydrogen) atoms. The van der Waals surface area contributed by atoms with Crippen LogP contribution in [0.5, 0.6) is 5.75 Å². The van der Waals surface area contributed by atoms with Crippen molar-refractivity contribution in [3.05, 3.63) is 35.2 Å². The minimum absolute atomic E-state index is 0.0738. The van der Waals surface area contributed by atoms with E-state index in [-0.39, 0.29) is 23.9 Å². The van der Waals surface area contributed by atoms with Gasteiger partial charge in [-0.25, -0.2) is 0 Å². The first-order chi connectivity index (χ1) is 9.56. The third-order valence-electron chi connectivity index (χ3n) is 3.61. The van der Waals surface area contributed by atoms with Crippen molar-refractivity contribution in [3.63, 3.8) is 0 Å². The average molecular weight is 272 g/mol. The van der Waals surface area contributed by atoms with Crippen LogP contribution in [0, 0.1) is 6.92 Å². The fraction of sp³-hybridized carbons (Fsp3) is 0.357. The largest absolute Gasteiger partial charge is 0.489 e. The van der Waals surface area contributed by atoms with Crippen LogP contribution in [0.2, 0.25) is 0 Å². The second-order valence-corrected chi connectivity index (χ2v) is 5.03. The van der Waals surface area contributed by atoms with E-state index in [1.54, 1.807) is 13.0 Å². The first-order valence-corrected chi connectivity index (χ1v) is 6.56. The van der Waals surface area contributed by atoms with E-state index in [1.807, 2.05) is 19.1 Å². The molecule has 2 N–H and O–H groups in total. The number of aryl methyl sites for hydroxylation is 1. The number of amides is 1. The van der Waals surface area contributed by atoms with Gasteiger partial charge in [-0.2, -0.15) is 4.98 Å². The van der Waals surface area contributed by atoms with Gasteiger partial charge in [0.2, 0.25) is 5.95 Å². The van der Waals surface area contributed by atoms with Crippen LogP contribution < -0.4 is 10.1 Å². The van der Waals surface area contributed by atoms with Crippen LogP contribution >= 0.6 is 0 Å². The number of anilines is 1. The van der Waals surface area contributed by atoms with Gasteiger partial charge in [0.25, 0.3) is 5.91 Å². The Kier molecular flexibility index (Phi) is 2.93. The first kappa shape index (κ1) is 12.7. The normalized spacial score (nSPS) is 20.4. The zero-order valence-corrected chi connectivity index (χ0v) is 11.6. The lowest BCUT2D eigenvalue weighted by molar-refractivity contribution is 0.102. The number of hydrogen-bond donors (Lipinski definition) is 2. The number of nitrogens with zero attached hydrogens (tertiary/aromatic N) is 2. The van der Waals surface area contributed by atoms with Gasteiger partial charge in [0.15, 0.2) is 0 Å². The van der Waals surface area contributed by atoms with Gasteiger partial charge in [-0.3, -0.25) is 15.2 Å². The van der Waals surface area contributed by atoms with E-state index >= 15 is 0 Å².